The minimum absolute atomic E-state index is 0.281. The number of ether oxygens (including phenoxy) is 1. The molecule has 0 N–H and O–H groups in total. The summed E-state index contributed by atoms with van der Waals surface area (Å²) in [6.07, 6.45) is 6.89. The fourth-order valence-electron chi connectivity index (χ4n) is 1.14. The Labute approximate surface area is 112 Å². The number of esters is 1. The minimum Gasteiger partial charge on any atom is -0.463 e. The fourth-order valence-corrected chi connectivity index (χ4v) is 2.99. The van der Waals surface area contributed by atoms with Gasteiger partial charge in [-0.15, -0.1) is 33.2 Å². The Hall–Kier alpha value is 0.297. The van der Waals surface area contributed by atoms with Gasteiger partial charge in [0.05, 0.1) is 6.61 Å². The molecule has 0 amide bonds. The Balaban J connectivity index is 3.25. The van der Waals surface area contributed by atoms with Crippen molar-refractivity contribution in [1.82, 2.24) is 0 Å². The van der Waals surface area contributed by atoms with Gasteiger partial charge in [-0.3, -0.25) is 0 Å². The highest BCUT2D eigenvalue weighted by Crippen LogP contribution is 2.27. The number of halogens is 3. The van der Waals surface area contributed by atoms with Gasteiger partial charge in [0.2, 0.25) is 0 Å². The van der Waals surface area contributed by atoms with Gasteiger partial charge in [-0.25, -0.2) is 4.79 Å². The molecule has 0 heterocycles. The van der Waals surface area contributed by atoms with E-state index in [1.807, 2.05) is 0 Å². The molecule has 0 rings (SSSR count). The molecule has 0 bridgehead atoms. The van der Waals surface area contributed by atoms with Crippen molar-refractivity contribution in [3.63, 3.8) is 0 Å². The first-order valence-electron chi connectivity index (χ1n) is 5.32. The molecule has 0 aromatic heterocycles. The van der Waals surface area contributed by atoms with Crippen molar-refractivity contribution in [3.8, 4) is 0 Å². The standard InChI is InChI=1S/C10H17Cl3O2Si/c1-2-7-10(14)15-8-5-3-4-6-9-16(11,12)13/h2,7H,3-6,8-9H2,1H3. The Kier molecular flexibility index (Phi) is 9.51. The zero-order valence-corrected chi connectivity index (χ0v) is 12.6. The molecule has 16 heavy (non-hydrogen) atoms. The van der Waals surface area contributed by atoms with Gasteiger partial charge < -0.3 is 4.74 Å². The number of carbonyl (C=O) groups is 1. The third-order valence-electron chi connectivity index (χ3n) is 1.90. The molecule has 0 radical (unpaired) electrons. The largest absolute Gasteiger partial charge is 0.463 e. The average Bonchev–Trinajstić information content (AvgIpc) is 2.15. The predicted octanol–water partition coefficient (Wildman–Crippen LogP) is 4.32. The van der Waals surface area contributed by atoms with E-state index in [0.29, 0.717) is 12.7 Å². The van der Waals surface area contributed by atoms with E-state index in [1.54, 1.807) is 13.0 Å². The number of hydrogen-bond acceptors (Lipinski definition) is 2. The summed E-state index contributed by atoms with van der Waals surface area (Å²) in [6.45, 7) is 2.25. The lowest BCUT2D eigenvalue weighted by molar-refractivity contribution is -0.137. The van der Waals surface area contributed by atoms with Crippen LogP contribution in [-0.4, -0.2) is 18.6 Å². The summed E-state index contributed by atoms with van der Waals surface area (Å²) >= 11 is 17.2. The molecule has 0 saturated carbocycles. The smallest absolute Gasteiger partial charge is 0.341 e. The van der Waals surface area contributed by atoms with Crippen LogP contribution < -0.4 is 0 Å². The first-order valence-corrected chi connectivity index (χ1v) is 10.6. The first kappa shape index (κ1) is 16.3. The monoisotopic (exact) mass is 302 g/mol. The number of allylic oxidation sites excluding steroid dienone is 1. The van der Waals surface area contributed by atoms with Crippen molar-refractivity contribution in [3.05, 3.63) is 12.2 Å². The second-order valence-corrected chi connectivity index (χ2v) is 12.7. The van der Waals surface area contributed by atoms with Crippen LogP contribution in [0.2, 0.25) is 6.04 Å². The predicted molar refractivity (Wildman–Crippen MR) is 72.4 cm³/mol. The molecule has 94 valence electrons. The van der Waals surface area contributed by atoms with E-state index in [0.717, 1.165) is 25.7 Å². The van der Waals surface area contributed by atoms with Crippen LogP contribution in [0.4, 0.5) is 0 Å². The summed E-state index contributed by atoms with van der Waals surface area (Å²) in [6, 6.07) is -1.73. The SMILES string of the molecule is CC=CC(=O)OCCCCCC[Si](Cl)(Cl)Cl. The highest BCUT2D eigenvalue weighted by atomic mass is 35.8. The summed E-state index contributed by atoms with van der Waals surface area (Å²) in [5, 5.41) is 0. The van der Waals surface area contributed by atoms with E-state index in [2.05, 4.69) is 0 Å². The van der Waals surface area contributed by atoms with Crippen LogP contribution in [0.25, 0.3) is 0 Å². The summed E-state index contributed by atoms with van der Waals surface area (Å²) < 4.78 is 4.93. The van der Waals surface area contributed by atoms with Crippen molar-refractivity contribution in [2.75, 3.05) is 6.61 Å². The third kappa shape index (κ3) is 12.4. The van der Waals surface area contributed by atoms with Crippen LogP contribution in [-0.2, 0) is 9.53 Å². The van der Waals surface area contributed by atoms with E-state index in [4.69, 9.17) is 38.0 Å². The van der Waals surface area contributed by atoms with Gasteiger partial charge >= 0.3 is 12.0 Å². The lowest BCUT2D eigenvalue weighted by Gasteiger charge is -2.06. The van der Waals surface area contributed by atoms with Crippen molar-refractivity contribution >= 4 is 45.2 Å². The molecule has 0 spiro atoms. The maximum atomic E-state index is 10.9. The number of rotatable bonds is 8. The lowest BCUT2D eigenvalue weighted by Crippen LogP contribution is -2.07. The molecule has 0 aromatic rings. The normalized spacial score (nSPS) is 12.0. The molecule has 0 unspecified atom stereocenters. The highest BCUT2D eigenvalue weighted by molar-refractivity contribution is 7.64. The Bertz CT molecular complexity index is 227. The Morgan fingerprint density at radius 3 is 2.38 bits per heavy atom. The van der Waals surface area contributed by atoms with Crippen molar-refractivity contribution in [2.24, 2.45) is 0 Å². The van der Waals surface area contributed by atoms with Crippen LogP contribution in [0.1, 0.15) is 32.6 Å². The molecule has 0 aromatic carbocycles. The molecule has 6 heteroatoms. The van der Waals surface area contributed by atoms with Gasteiger partial charge in [-0.1, -0.05) is 25.3 Å². The van der Waals surface area contributed by atoms with E-state index in [9.17, 15) is 4.79 Å². The van der Waals surface area contributed by atoms with E-state index >= 15 is 0 Å². The van der Waals surface area contributed by atoms with E-state index in [-0.39, 0.29) is 5.97 Å². The average molecular weight is 304 g/mol. The van der Waals surface area contributed by atoms with Gasteiger partial charge in [0.25, 0.3) is 0 Å². The fraction of sp³-hybridized carbons (Fsp3) is 0.700. The third-order valence-corrected chi connectivity index (χ3v) is 4.52. The van der Waals surface area contributed by atoms with E-state index in [1.165, 1.54) is 6.08 Å². The maximum absolute atomic E-state index is 10.9. The Morgan fingerprint density at radius 1 is 1.19 bits per heavy atom. The van der Waals surface area contributed by atoms with Crippen LogP contribution in [0, 0.1) is 0 Å². The molecule has 0 fully saturated rings. The second-order valence-electron chi connectivity index (χ2n) is 3.45. The molecule has 0 aliphatic carbocycles. The number of unbranched alkanes of at least 4 members (excludes halogenated alkanes) is 3. The molecule has 0 atom stereocenters. The second kappa shape index (κ2) is 9.34. The quantitative estimate of drug-likeness (QED) is 0.219. The van der Waals surface area contributed by atoms with Crippen molar-refractivity contribution < 1.29 is 9.53 Å². The van der Waals surface area contributed by atoms with Crippen LogP contribution in [0.5, 0.6) is 0 Å². The molecular formula is C10H17Cl3O2Si. The van der Waals surface area contributed by atoms with Gasteiger partial charge in [-0.2, -0.15) is 0 Å². The van der Waals surface area contributed by atoms with Crippen molar-refractivity contribution in [1.29, 1.82) is 0 Å². The zero-order chi connectivity index (χ0) is 12.4. The number of hydrogen-bond donors (Lipinski definition) is 0. The molecule has 2 nitrogen and oxygen atoms in total. The summed E-state index contributed by atoms with van der Waals surface area (Å²) in [5.74, 6) is -0.281. The van der Waals surface area contributed by atoms with Crippen LogP contribution >= 0.6 is 33.2 Å². The van der Waals surface area contributed by atoms with Gasteiger partial charge in [-0.05, 0) is 19.4 Å². The Morgan fingerprint density at radius 2 is 1.81 bits per heavy atom. The van der Waals surface area contributed by atoms with E-state index < -0.39 is 6.00 Å². The molecule has 0 aliphatic rings. The molecule has 0 aliphatic heterocycles. The van der Waals surface area contributed by atoms with Gasteiger partial charge in [0, 0.05) is 6.08 Å². The topological polar surface area (TPSA) is 26.3 Å². The first-order chi connectivity index (χ1) is 7.45. The summed E-state index contributed by atoms with van der Waals surface area (Å²) in [4.78, 5) is 10.9. The lowest BCUT2D eigenvalue weighted by atomic mass is 10.2. The summed E-state index contributed by atoms with van der Waals surface area (Å²) in [5.41, 5.74) is 0. The van der Waals surface area contributed by atoms with Crippen LogP contribution in [0.15, 0.2) is 12.2 Å². The van der Waals surface area contributed by atoms with Gasteiger partial charge in [0.1, 0.15) is 0 Å². The molecular weight excluding hydrogens is 287 g/mol. The highest BCUT2D eigenvalue weighted by Gasteiger charge is 2.23. The number of carbonyl (C=O) groups excluding carboxylic acids is 1. The zero-order valence-electron chi connectivity index (χ0n) is 9.35. The maximum Gasteiger partial charge on any atom is 0.341 e. The van der Waals surface area contributed by atoms with Crippen LogP contribution in [0.3, 0.4) is 0 Å². The molecule has 0 saturated heterocycles. The van der Waals surface area contributed by atoms with Crippen molar-refractivity contribution in [2.45, 2.75) is 38.7 Å². The van der Waals surface area contributed by atoms with Gasteiger partial charge in [0.15, 0.2) is 0 Å². The minimum atomic E-state index is -2.43. The summed E-state index contributed by atoms with van der Waals surface area (Å²) in [7, 11) is 0.